The van der Waals surface area contributed by atoms with Crippen molar-refractivity contribution in [2.45, 2.75) is 68.4 Å². The average molecular weight is 593 g/mol. The number of fused-ring (bicyclic) bond motifs is 4. The number of anilines is 1. The summed E-state index contributed by atoms with van der Waals surface area (Å²) in [5.41, 5.74) is 1.59. The van der Waals surface area contributed by atoms with Crippen LogP contribution in [0.25, 0.3) is 0 Å². The van der Waals surface area contributed by atoms with Gasteiger partial charge in [0, 0.05) is 41.6 Å². The van der Waals surface area contributed by atoms with Crippen molar-refractivity contribution in [2.75, 3.05) is 25.0 Å². The minimum Gasteiger partial charge on any atom is -0.481 e. The molecular formula is C30H33Cl2F2N3O3. The third-order valence-corrected chi connectivity index (χ3v) is 10.0. The number of carbonyl (C=O) groups excluding carboxylic acids is 1. The quantitative estimate of drug-likeness (QED) is 0.409. The molecule has 214 valence electrons. The van der Waals surface area contributed by atoms with Crippen molar-refractivity contribution in [3.05, 3.63) is 63.1 Å². The van der Waals surface area contributed by atoms with Crippen molar-refractivity contribution in [3.8, 4) is 0 Å². The number of aliphatic carboxylic acids is 1. The van der Waals surface area contributed by atoms with Gasteiger partial charge in [-0.2, -0.15) is 0 Å². The average Bonchev–Trinajstić information content (AvgIpc) is 3.37. The Hall–Kier alpha value is -2.42. The molecule has 2 saturated heterocycles. The standard InChI is InChI=1S/C30H33Cl2F2N3O3/c1-27(2,3)16-5-4-6-17(9-16)28(7-8-28)13-36-25(38)22-21-12-29(33,34)15-37(21)30(23(22)26(39)40)14-35-24-19(30)10-18(31)11-20(24)32/h4-6,9-11,21-23,35H,7-8,12-15H2,1-3H3,(H,36,38)(H,39,40)/t21-,22+,23-,30+/m1/s1. The number of nitrogens with zero attached hydrogens (tertiary/aromatic N) is 1. The molecule has 3 aliphatic heterocycles. The summed E-state index contributed by atoms with van der Waals surface area (Å²) in [6.07, 6.45) is 1.19. The summed E-state index contributed by atoms with van der Waals surface area (Å²) in [5.74, 6) is -7.21. The van der Waals surface area contributed by atoms with Gasteiger partial charge in [-0.15, -0.1) is 0 Å². The second-order valence-corrected chi connectivity index (χ2v) is 13.9. The Labute approximate surface area is 242 Å². The van der Waals surface area contributed by atoms with Crippen LogP contribution < -0.4 is 10.6 Å². The van der Waals surface area contributed by atoms with Crippen molar-refractivity contribution < 1.29 is 23.5 Å². The van der Waals surface area contributed by atoms with Crippen LogP contribution >= 0.6 is 23.2 Å². The van der Waals surface area contributed by atoms with E-state index in [0.717, 1.165) is 18.4 Å². The Morgan fingerprint density at radius 2 is 1.90 bits per heavy atom. The van der Waals surface area contributed by atoms with E-state index in [1.54, 1.807) is 6.07 Å². The Morgan fingerprint density at radius 3 is 2.55 bits per heavy atom. The maximum Gasteiger partial charge on any atom is 0.309 e. The number of hydrogen-bond acceptors (Lipinski definition) is 4. The smallest absolute Gasteiger partial charge is 0.309 e. The van der Waals surface area contributed by atoms with Crippen LogP contribution in [0.2, 0.25) is 10.0 Å². The number of carboxylic acid groups (broad SMARTS) is 1. The fourth-order valence-electron chi connectivity index (χ4n) is 7.34. The molecule has 40 heavy (non-hydrogen) atoms. The molecule has 1 spiro atoms. The van der Waals surface area contributed by atoms with E-state index in [4.69, 9.17) is 23.2 Å². The third-order valence-electron chi connectivity index (χ3n) is 9.53. The molecule has 6 rings (SSSR count). The van der Waals surface area contributed by atoms with Gasteiger partial charge in [0.05, 0.1) is 34.6 Å². The molecule has 3 heterocycles. The molecule has 1 saturated carbocycles. The predicted octanol–water partition coefficient (Wildman–Crippen LogP) is 5.80. The number of carbonyl (C=O) groups is 2. The topological polar surface area (TPSA) is 81.7 Å². The van der Waals surface area contributed by atoms with E-state index in [9.17, 15) is 23.5 Å². The number of halogens is 4. The Morgan fingerprint density at radius 1 is 1.18 bits per heavy atom. The molecule has 4 aliphatic rings. The van der Waals surface area contributed by atoms with Gasteiger partial charge in [-0.25, -0.2) is 8.78 Å². The van der Waals surface area contributed by atoms with E-state index in [0.29, 0.717) is 17.8 Å². The first-order chi connectivity index (χ1) is 18.7. The lowest BCUT2D eigenvalue weighted by atomic mass is 9.74. The second-order valence-electron chi connectivity index (χ2n) is 13.0. The van der Waals surface area contributed by atoms with Crippen LogP contribution in [-0.2, 0) is 26.0 Å². The second kappa shape index (κ2) is 9.04. The number of benzene rings is 2. The van der Waals surface area contributed by atoms with Gasteiger partial charge in [0.15, 0.2) is 0 Å². The molecule has 0 unspecified atom stereocenters. The van der Waals surface area contributed by atoms with Crippen molar-refractivity contribution in [1.29, 1.82) is 0 Å². The summed E-state index contributed by atoms with van der Waals surface area (Å²) >= 11 is 12.7. The van der Waals surface area contributed by atoms with Crippen molar-refractivity contribution >= 4 is 40.8 Å². The predicted molar refractivity (Wildman–Crippen MR) is 150 cm³/mol. The van der Waals surface area contributed by atoms with Crippen LogP contribution in [0.4, 0.5) is 14.5 Å². The fourth-order valence-corrected chi connectivity index (χ4v) is 7.90. The molecule has 1 aliphatic carbocycles. The Balaban J connectivity index is 1.34. The van der Waals surface area contributed by atoms with Gasteiger partial charge in [0.25, 0.3) is 5.92 Å². The monoisotopic (exact) mass is 591 g/mol. The minimum atomic E-state index is -3.06. The van der Waals surface area contributed by atoms with E-state index < -0.39 is 54.2 Å². The molecule has 0 aromatic heterocycles. The van der Waals surface area contributed by atoms with Gasteiger partial charge >= 0.3 is 5.97 Å². The molecule has 6 nitrogen and oxygen atoms in total. The molecule has 1 amide bonds. The minimum absolute atomic E-state index is 0.0310. The molecule has 3 N–H and O–H groups in total. The van der Waals surface area contributed by atoms with Crippen LogP contribution in [0.3, 0.4) is 0 Å². The van der Waals surface area contributed by atoms with Crippen LogP contribution in [0.1, 0.15) is 56.7 Å². The molecule has 3 fully saturated rings. The molecule has 4 atom stereocenters. The van der Waals surface area contributed by atoms with E-state index in [1.165, 1.54) is 16.5 Å². The summed E-state index contributed by atoms with van der Waals surface area (Å²) in [7, 11) is 0. The maximum absolute atomic E-state index is 14.9. The zero-order valence-corrected chi connectivity index (χ0v) is 24.2. The molecule has 2 aromatic rings. The first-order valence-electron chi connectivity index (χ1n) is 13.7. The lowest BCUT2D eigenvalue weighted by molar-refractivity contribution is -0.150. The van der Waals surface area contributed by atoms with Gasteiger partial charge in [-0.05, 0) is 41.5 Å². The van der Waals surface area contributed by atoms with Crippen molar-refractivity contribution in [1.82, 2.24) is 10.2 Å². The molecule has 0 radical (unpaired) electrons. The SMILES string of the molecule is CC(C)(C)c1cccc(C2(CNC(=O)[C@H]3[C@H]4CC(F)(F)CN4[C@]4(CNc5c(Cl)cc(Cl)cc54)[C@H]3C(=O)O)CC2)c1. The number of alkyl halides is 2. The lowest BCUT2D eigenvalue weighted by Gasteiger charge is -2.37. The highest BCUT2D eigenvalue weighted by Crippen LogP contribution is 2.60. The zero-order chi connectivity index (χ0) is 28.8. The summed E-state index contributed by atoms with van der Waals surface area (Å²) in [6.45, 7) is 6.17. The number of amides is 1. The van der Waals surface area contributed by atoms with E-state index in [-0.39, 0.29) is 27.4 Å². The maximum atomic E-state index is 14.9. The van der Waals surface area contributed by atoms with Gasteiger partial charge in [0.2, 0.25) is 5.91 Å². The number of hydrogen-bond donors (Lipinski definition) is 3. The Kier molecular flexibility index (Phi) is 6.27. The Bertz CT molecular complexity index is 1410. The van der Waals surface area contributed by atoms with Gasteiger partial charge in [-0.3, -0.25) is 14.5 Å². The highest BCUT2D eigenvalue weighted by molar-refractivity contribution is 6.36. The van der Waals surface area contributed by atoms with Gasteiger partial charge in [-0.1, -0.05) is 68.2 Å². The summed E-state index contributed by atoms with van der Waals surface area (Å²) < 4.78 is 29.9. The summed E-state index contributed by atoms with van der Waals surface area (Å²) in [5, 5.41) is 17.3. The number of nitrogens with one attached hydrogen (secondary N) is 2. The van der Waals surface area contributed by atoms with Gasteiger partial charge < -0.3 is 15.7 Å². The van der Waals surface area contributed by atoms with Crippen molar-refractivity contribution in [3.63, 3.8) is 0 Å². The molecule has 2 aromatic carbocycles. The largest absolute Gasteiger partial charge is 0.481 e. The van der Waals surface area contributed by atoms with E-state index in [2.05, 4.69) is 49.6 Å². The third kappa shape index (κ3) is 4.21. The highest BCUT2D eigenvalue weighted by atomic mass is 35.5. The first kappa shape index (κ1) is 27.7. The zero-order valence-electron chi connectivity index (χ0n) is 22.7. The normalized spacial score (nSPS) is 29.6. The summed E-state index contributed by atoms with van der Waals surface area (Å²) in [4.78, 5) is 28.4. The highest BCUT2D eigenvalue weighted by Gasteiger charge is 2.71. The van der Waals surface area contributed by atoms with Crippen LogP contribution in [-0.4, -0.2) is 53.5 Å². The summed E-state index contributed by atoms with van der Waals surface area (Å²) in [6, 6.07) is 10.5. The van der Waals surface area contributed by atoms with Gasteiger partial charge in [0.1, 0.15) is 0 Å². The molecule has 0 bridgehead atoms. The number of rotatable bonds is 5. The van der Waals surface area contributed by atoms with E-state index >= 15 is 0 Å². The number of carboxylic acids is 1. The van der Waals surface area contributed by atoms with Crippen LogP contribution in [0.5, 0.6) is 0 Å². The molecular weight excluding hydrogens is 559 g/mol. The van der Waals surface area contributed by atoms with Crippen molar-refractivity contribution in [2.24, 2.45) is 11.8 Å². The van der Waals surface area contributed by atoms with E-state index in [1.807, 2.05) is 6.07 Å². The van der Waals surface area contributed by atoms with Crippen LogP contribution in [0, 0.1) is 11.8 Å². The fraction of sp³-hybridized carbons (Fsp3) is 0.533. The first-order valence-corrected chi connectivity index (χ1v) is 14.4. The molecule has 10 heteroatoms. The lowest BCUT2D eigenvalue weighted by Crippen LogP contribution is -2.51. The van der Waals surface area contributed by atoms with Crippen LogP contribution in [0.15, 0.2) is 36.4 Å².